The summed E-state index contributed by atoms with van der Waals surface area (Å²) in [6.45, 7) is 3.97. The van der Waals surface area contributed by atoms with Gasteiger partial charge in [-0.1, -0.05) is 12.1 Å². The molecule has 1 aromatic carbocycles. The van der Waals surface area contributed by atoms with E-state index in [0.717, 1.165) is 62.2 Å². The third-order valence-electron chi connectivity index (χ3n) is 7.29. The van der Waals surface area contributed by atoms with Crippen molar-refractivity contribution >= 4 is 22.4 Å². The van der Waals surface area contributed by atoms with Crippen LogP contribution >= 0.6 is 0 Å². The molecule has 0 spiro atoms. The number of amides is 1. The van der Waals surface area contributed by atoms with Gasteiger partial charge in [0.15, 0.2) is 0 Å². The van der Waals surface area contributed by atoms with Gasteiger partial charge in [0.2, 0.25) is 0 Å². The van der Waals surface area contributed by atoms with Crippen LogP contribution in [0.5, 0.6) is 5.75 Å². The Kier molecular flexibility index (Phi) is 6.24. The number of H-pyrrole nitrogens is 1. The number of hydrogen-bond donors (Lipinski definition) is 2. The van der Waals surface area contributed by atoms with E-state index in [4.69, 9.17) is 4.74 Å². The molecule has 2 fully saturated rings. The first-order chi connectivity index (χ1) is 16.6. The van der Waals surface area contributed by atoms with E-state index in [-0.39, 0.29) is 11.5 Å². The van der Waals surface area contributed by atoms with E-state index in [1.54, 1.807) is 26.4 Å². The molecule has 3 aromatic rings. The molecule has 34 heavy (non-hydrogen) atoms. The number of hydrogen-bond acceptors (Lipinski definition) is 6. The van der Waals surface area contributed by atoms with Crippen LogP contribution in [-0.4, -0.2) is 67.2 Å². The van der Waals surface area contributed by atoms with Crippen LogP contribution in [0.25, 0.3) is 10.8 Å². The van der Waals surface area contributed by atoms with Gasteiger partial charge in [-0.15, -0.1) is 0 Å². The number of carbonyl (C=O) groups excluding carboxylic acids is 1. The van der Waals surface area contributed by atoms with Crippen LogP contribution in [0.1, 0.15) is 41.4 Å². The molecular weight excluding hydrogens is 430 g/mol. The topological polar surface area (TPSA) is 90.6 Å². The van der Waals surface area contributed by atoms with Crippen molar-refractivity contribution in [3.8, 4) is 5.75 Å². The number of aromatic amines is 1. The normalized spacial score (nSPS) is 19.5. The molecule has 1 unspecified atom stereocenters. The van der Waals surface area contributed by atoms with Gasteiger partial charge in [0.1, 0.15) is 11.4 Å². The Bertz CT molecular complexity index is 1230. The lowest BCUT2D eigenvalue weighted by Gasteiger charge is -2.37. The van der Waals surface area contributed by atoms with E-state index in [1.807, 2.05) is 24.3 Å². The maximum absolute atomic E-state index is 12.8. The second-order valence-corrected chi connectivity index (χ2v) is 9.16. The zero-order valence-electron chi connectivity index (χ0n) is 19.7. The van der Waals surface area contributed by atoms with Gasteiger partial charge in [-0.2, -0.15) is 0 Å². The van der Waals surface area contributed by atoms with Crippen LogP contribution in [0, 0.1) is 0 Å². The average molecular weight is 462 g/mol. The molecule has 2 saturated heterocycles. The summed E-state index contributed by atoms with van der Waals surface area (Å²) in [5.41, 5.74) is 2.45. The number of aromatic nitrogens is 2. The molecule has 4 heterocycles. The first-order valence-corrected chi connectivity index (χ1v) is 11.9. The van der Waals surface area contributed by atoms with Gasteiger partial charge in [-0.05, 0) is 55.5 Å². The summed E-state index contributed by atoms with van der Waals surface area (Å²) in [6, 6.07) is 12.2. The zero-order chi connectivity index (χ0) is 23.7. The Labute approximate surface area is 198 Å². The Morgan fingerprint density at radius 3 is 2.68 bits per heavy atom. The highest BCUT2D eigenvalue weighted by Crippen LogP contribution is 2.32. The lowest BCUT2D eigenvalue weighted by Crippen LogP contribution is -2.44. The number of benzene rings is 1. The third-order valence-corrected chi connectivity index (χ3v) is 7.29. The number of fused-ring (bicyclic) bond motifs is 1. The highest BCUT2D eigenvalue weighted by molar-refractivity contribution is 5.92. The second kappa shape index (κ2) is 9.46. The predicted octanol–water partition coefficient (Wildman–Crippen LogP) is 2.75. The Morgan fingerprint density at radius 1 is 1.15 bits per heavy atom. The van der Waals surface area contributed by atoms with Crippen LogP contribution in [0.2, 0.25) is 0 Å². The molecule has 178 valence electrons. The monoisotopic (exact) mass is 461 g/mol. The minimum atomic E-state index is -0.166. The maximum atomic E-state index is 12.8. The molecule has 0 saturated carbocycles. The van der Waals surface area contributed by atoms with Gasteiger partial charge in [-0.25, -0.2) is 4.98 Å². The molecule has 8 heteroatoms. The molecule has 5 rings (SSSR count). The van der Waals surface area contributed by atoms with Crippen LogP contribution in [-0.2, 0) is 0 Å². The number of likely N-dealkylation sites (tertiary alicyclic amines) is 1. The zero-order valence-corrected chi connectivity index (χ0v) is 19.7. The summed E-state index contributed by atoms with van der Waals surface area (Å²) in [4.78, 5) is 36.9. The van der Waals surface area contributed by atoms with E-state index >= 15 is 0 Å². The van der Waals surface area contributed by atoms with Crippen molar-refractivity contribution < 1.29 is 9.53 Å². The number of anilines is 1. The summed E-state index contributed by atoms with van der Waals surface area (Å²) in [5.74, 6) is 0.784. The number of nitrogens with zero attached hydrogens (tertiary/aromatic N) is 3. The fourth-order valence-corrected chi connectivity index (χ4v) is 5.40. The molecule has 2 N–H and O–H groups in total. The van der Waals surface area contributed by atoms with Crippen molar-refractivity contribution in [3.05, 3.63) is 64.3 Å². The summed E-state index contributed by atoms with van der Waals surface area (Å²) in [5, 5.41) is 4.15. The Hall–Kier alpha value is -3.39. The van der Waals surface area contributed by atoms with Crippen LogP contribution < -0.4 is 20.5 Å². The van der Waals surface area contributed by atoms with Crippen molar-refractivity contribution in [2.45, 2.75) is 31.2 Å². The molecule has 2 aliphatic rings. The molecule has 2 aromatic heterocycles. The van der Waals surface area contributed by atoms with Gasteiger partial charge in [0.05, 0.1) is 24.4 Å². The lowest BCUT2D eigenvalue weighted by molar-refractivity contribution is 0.0958. The molecule has 2 aliphatic heterocycles. The molecule has 0 bridgehead atoms. The largest absolute Gasteiger partial charge is 0.496 e. The van der Waals surface area contributed by atoms with Crippen LogP contribution in [0.4, 0.5) is 5.69 Å². The maximum Gasteiger partial charge on any atom is 0.269 e. The third kappa shape index (κ3) is 4.25. The molecule has 1 amide bonds. The average Bonchev–Trinajstić information content (AvgIpc) is 3.38. The highest BCUT2D eigenvalue weighted by atomic mass is 16.5. The molecular formula is C26H31N5O3. The molecule has 0 radical (unpaired) electrons. The summed E-state index contributed by atoms with van der Waals surface area (Å²) >= 11 is 0. The molecule has 8 nitrogen and oxygen atoms in total. The van der Waals surface area contributed by atoms with Gasteiger partial charge >= 0.3 is 0 Å². The number of nitrogens with one attached hydrogen (secondary N) is 2. The van der Waals surface area contributed by atoms with Crippen molar-refractivity contribution in [1.29, 1.82) is 0 Å². The lowest BCUT2D eigenvalue weighted by atomic mass is 10.0. The minimum absolute atomic E-state index is 0.0762. The Morgan fingerprint density at radius 2 is 1.97 bits per heavy atom. The highest BCUT2D eigenvalue weighted by Gasteiger charge is 2.32. The van der Waals surface area contributed by atoms with Crippen molar-refractivity contribution in [3.63, 3.8) is 0 Å². The fraction of sp³-hybridized carbons (Fsp3) is 0.423. The van der Waals surface area contributed by atoms with E-state index in [9.17, 15) is 9.59 Å². The number of ether oxygens (including phenoxy) is 1. The fourth-order valence-electron chi connectivity index (χ4n) is 5.40. The first kappa shape index (κ1) is 22.4. The van der Waals surface area contributed by atoms with E-state index in [2.05, 4.69) is 31.2 Å². The Balaban J connectivity index is 1.22. The number of piperidine rings is 1. The van der Waals surface area contributed by atoms with Crippen molar-refractivity contribution in [2.75, 3.05) is 45.2 Å². The van der Waals surface area contributed by atoms with Crippen LogP contribution in [0.15, 0.2) is 47.4 Å². The second-order valence-electron chi connectivity index (χ2n) is 9.16. The number of methoxy groups -OCH3 is 1. The van der Waals surface area contributed by atoms with E-state index in [1.165, 1.54) is 0 Å². The van der Waals surface area contributed by atoms with Gasteiger partial charge in [0.25, 0.3) is 11.5 Å². The first-order valence-electron chi connectivity index (χ1n) is 11.9. The number of carbonyl (C=O) groups is 1. The standard InChI is InChI=1S/C26H31N5O3/c1-27-25(32)21-7-6-20(15-28-21)30-12-9-19(10-13-30)31-11-8-18(16-31)22-14-17-4-3-5-23(34-2)24(17)26(33)29-22/h3-7,14-15,18-19H,8-13,16H2,1-2H3,(H,27,32)(H,29,33). The molecule has 0 aliphatic carbocycles. The van der Waals surface area contributed by atoms with Crippen molar-refractivity contribution in [2.24, 2.45) is 0 Å². The summed E-state index contributed by atoms with van der Waals surface area (Å²) < 4.78 is 5.38. The molecule has 1 atom stereocenters. The van der Waals surface area contributed by atoms with Gasteiger partial charge in [-0.3, -0.25) is 14.5 Å². The van der Waals surface area contributed by atoms with E-state index < -0.39 is 0 Å². The van der Waals surface area contributed by atoms with Gasteiger partial charge in [0, 0.05) is 44.3 Å². The predicted molar refractivity (Wildman–Crippen MR) is 133 cm³/mol. The summed E-state index contributed by atoms with van der Waals surface area (Å²) in [7, 11) is 3.21. The smallest absolute Gasteiger partial charge is 0.269 e. The van der Waals surface area contributed by atoms with Gasteiger partial charge < -0.3 is 19.9 Å². The van der Waals surface area contributed by atoms with E-state index in [0.29, 0.717) is 28.8 Å². The number of rotatable bonds is 5. The number of pyridine rings is 2. The SMILES string of the molecule is CNC(=O)c1ccc(N2CCC(N3CCC(c4cc5cccc(OC)c5c(=O)[nH]4)C3)CC2)cn1. The minimum Gasteiger partial charge on any atom is -0.496 e. The quantitative estimate of drug-likeness (QED) is 0.607. The van der Waals surface area contributed by atoms with Crippen molar-refractivity contribution in [1.82, 2.24) is 20.2 Å². The van der Waals surface area contributed by atoms with Crippen LogP contribution in [0.3, 0.4) is 0 Å². The summed E-state index contributed by atoms with van der Waals surface area (Å²) in [6.07, 6.45) is 5.03.